The number of halogens is 2. The van der Waals surface area contributed by atoms with Crippen molar-refractivity contribution >= 4 is 55.6 Å². The number of carbonyl (C=O) groups is 1. The lowest BCUT2D eigenvalue weighted by Crippen LogP contribution is -2.33. The number of rotatable bonds is 5. The van der Waals surface area contributed by atoms with E-state index in [9.17, 15) is 13.2 Å². The van der Waals surface area contributed by atoms with Crippen LogP contribution in [0.2, 0.25) is 10.0 Å². The van der Waals surface area contributed by atoms with Crippen LogP contribution in [0.1, 0.15) is 36.0 Å². The maximum absolute atomic E-state index is 12.6. The van der Waals surface area contributed by atoms with Crippen molar-refractivity contribution in [1.82, 2.24) is 9.71 Å². The van der Waals surface area contributed by atoms with E-state index in [1.54, 1.807) is 11.6 Å². The van der Waals surface area contributed by atoms with Crippen molar-refractivity contribution in [2.75, 3.05) is 5.32 Å². The summed E-state index contributed by atoms with van der Waals surface area (Å²) in [4.78, 5) is 16.2. The van der Waals surface area contributed by atoms with Crippen LogP contribution in [0.4, 0.5) is 5.13 Å². The lowest BCUT2D eigenvalue weighted by atomic mass is 10.2. The third kappa shape index (κ3) is 4.32. The third-order valence-electron chi connectivity index (χ3n) is 3.89. The Morgan fingerprint density at radius 2 is 1.92 bits per heavy atom. The number of nitrogens with zero attached hydrogens (tertiary/aromatic N) is 1. The Kier molecular flexibility index (Phi) is 5.65. The van der Waals surface area contributed by atoms with Crippen molar-refractivity contribution in [2.24, 2.45) is 0 Å². The summed E-state index contributed by atoms with van der Waals surface area (Å²) in [6.45, 7) is 0. The van der Waals surface area contributed by atoms with Crippen molar-refractivity contribution in [3.63, 3.8) is 0 Å². The second-order valence-electron chi connectivity index (χ2n) is 5.66. The molecule has 1 amide bonds. The van der Waals surface area contributed by atoms with Crippen molar-refractivity contribution < 1.29 is 13.2 Å². The number of amides is 1. The molecule has 1 aromatic carbocycles. The molecule has 0 atom stereocenters. The van der Waals surface area contributed by atoms with Gasteiger partial charge in [0.2, 0.25) is 10.0 Å². The number of hydrogen-bond acceptors (Lipinski definition) is 5. The molecule has 0 bridgehead atoms. The molecule has 6 nitrogen and oxygen atoms in total. The first kappa shape index (κ1) is 18.6. The van der Waals surface area contributed by atoms with E-state index in [2.05, 4.69) is 15.0 Å². The molecule has 0 saturated heterocycles. The average molecular weight is 420 g/mol. The maximum atomic E-state index is 12.6. The highest BCUT2D eigenvalue weighted by Gasteiger charge is 2.27. The fraction of sp³-hybridized carbons (Fsp3) is 0.333. The van der Waals surface area contributed by atoms with Gasteiger partial charge in [-0.3, -0.25) is 10.1 Å². The molecule has 1 aliphatic carbocycles. The van der Waals surface area contributed by atoms with Crippen molar-refractivity contribution in [3.8, 4) is 0 Å². The van der Waals surface area contributed by atoms with Crippen LogP contribution in [-0.4, -0.2) is 25.4 Å². The average Bonchev–Trinajstić information content (AvgIpc) is 3.20. The van der Waals surface area contributed by atoms with Crippen LogP contribution in [0.3, 0.4) is 0 Å². The number of hydrogen-bond donors (Lipinski definition) is 2. The van der Waals surface area contributed by atoms with E-state index in [-0.39, 0.29) is 26.5 Å². The number of sulfonamides is 1. The molecule has 0 unspecified atom stereocenters. The number of benzene rings is 1. The second kappa shape index (κ2) is 7.59. The summed E-state index contributed by atoms with van der Waals surface area (Å²) >= 11 is 13.4. The van der Waals surface area contributed by atoms with Gasteiger partial charge in [-0.05, 0) is 25.0 Å². The van der Waals surface area contributed by atoms with Gasteiger partial charge in [-0.25, -0.2) is 18.1 Å². The summed E-state index contributed by atoms with van der Waals surface area (Å²) < 4.78 is 27.9. The van der Waals surface area contributed by atoms with Gasteiger partial charge in [0, 0.05) is 17.6 Å². The van der Waals surface area contributed by atoms with Crippen LogP contribution in [-0.2, 0) is 10.0 Å². The van der Waals surface area contributed by atoms with Gasteiger partial charge < -0.3 is 0 Å². The molecule has 1 heterocycles. The first-order valence-electron chi connectivity index (χ1n) is 7.59. The van der Waals surface area contributed by atoms with Crippen LogP contribution >= 0.6 is 34.5 Å². The summed E-state index contributed by atoms with van der Waals surface area (Å²) in [5.74, 6) is -0.547. The number of aromatic nitrogens is 1. The lowest BCUT2D eigenvalue weighted by molar-refractivity contribution is 0.102. The summed E-state index contributed by atoms with van der Waals surface area (Å²) in [6.07, 6.45) is 5.11. The van der Waals surface area contributed by atoms with Gasteiger partial charge in [-0.15, -0.1) is 11.3 Å². The molecular weight excluding hydrogens is 405 g/mol. The second-order valence-corrected chi connectivity index (χ2v) is 9.05. The van der Waals surface area contributed by atoms with Crippen molar-refractivity contribution in [1.29, 1.82) is 0 Å². The van der Waals surface area contributed by atoms with Gasteiger partial charge >= 0.3 is 0 Å². The van der Waals surface area contributed by atoms with Gasteiger partial charge in [-0.1, -0.05) is 36.0 Å². The van der Waals surface area contributed by atoms with E-state index in [1.165, 1.54) is 23.5 Å². The Bertz CT molecular complexity index is 880. The molecule has 2 N–H and O–H groups in total. The minimum atomic E-state index is -3.84. The minimum Gasteiger partial charge on any atom is -0.298 e. The first-order chi connectivity index (χ1) is 11.9. The van der Waals surface area contributed by atoms with Crippen molar-refractivity contribution in [2.45, 2.75) is 36.6 Å². The van der Waals surface area contributed by atoms with Crippen LogP contribution in [0.25, 0.3) is 0 Å². The SMILES string of the molecule is O=C(Nc1nccs1)c1cc(S(=O)(=O)NC2CCCC2)c(Cl)cc1Cl. The summed E-state index contributed by atoms with van der Waals surface area (Å²) in [7, 11) is -3.84. The number of carbonyl (C=O) groups excluding carboxylic acids is 1. The molecule has 0 aliphatic heterocycles. The summed E-state index contributed by atoms with van der Waals surface area (Å²) in [5.41, 5.74) is 0.0214. The zero-order valence-electron chi connectivity index (χ0n) is 13.0. The molecule has 1 aliphatic rings. The van der Waals surface area contributed by atoms with E-state index >= 15 is 0 Å². The summed E-state index contributed by atoms with van der Waals surface area (Å²) in [5, 5.41) is 4.72. The fourth-order valence-corrected chi connectivity index (χ4v) is 5.37. The van der Waals surface area contributed by atoms with Gasteiger partial charge in [0.05, 0.1) is 15.6 Å². The van der Waals surface area contributed by atoms with Gasteiger partial charge in [0.15, 0.2) is 5.13 Å². The predicted octanol–water partition coefficient (Wildman–Crippen LogP) is 3.92. The molecule has 2 aromatic rings. The molecule has 1 fully saturated rings. The monoisotopic (exact) mass is 419 g/mol. The zero-order chi connectivity index (χ0) is 18.0. The molecule has 25 heavy (non-hydrogen) atoms. The van der Waals surface area contributed by atoms with Gasteiger partial charge in [-0.2, -0.15) is 0 Å². The summed E-state index contributed by atoms with van der Waals surface area (Å²) in [6, 6.07) is 2.36. The Morgan fingerprint density at radius 1 is 1.20 bits per heavy atom. The van der Waals surface area contributed by atoms with Gasteiger partial charge in [0.1, 0.15) is 4.90 Å². The molecule has 1 aromatic heterocycles. The van der Waals surface area contributed by atoms with Crippen LogP contribution in [0.5, 0.6) is 0 Å². The first-order valence-corrected chi connectivity index (χ1v) is 10.7. The fourth-order valence-electron chi connectivity index (χ4n) is 2.69. The van der Waals surface area contributed by atoms with Gasteiger partial charge in [0.25, 0.3) is 5.91 Å². The predicted molar refractivity (Wildman–Crippen MR) is 99.1 cm³/mol. The standard InChI is InChI=1S/C15H15Cl2N3O3S2/c16-11-8-12(17)13(25(22,23)20-9-3-1-2-4-9)7-10(11)14(21)19-15-18-5-6-24-15/h5-9,20H,1-4H2,(H,18,19,21). The number of thiazole rings is 1. The highest BCUT2D eigenvalue weighted by Crippen LogP contribution is 2.30. The highest BCUT2D eigenvalue weighted by molar-refractivity contribution is 7.89. The van der Waals surface area contributed by atoms with Crippen LogP contribution in [0, 0.1) is 0 Å². The zero-order valence-corrected chi connectivity index (χ0v) is 16.1. The molecule has 3 rings (SSSR count). The van der Waals surface area contributed by atoms with E-state index in [0.29, 0.717) is 5.13 Å². The molecule has 10 heteroatoms. The smallest absolute Gasteiger partial charge is 0.259 e. The van der Waals surface area contributed by atoms with E-state index in [4.69, 9.17) is 23.2 Å². The Morgan fingerprint density at radius 3 is 2.56 bits per heavy atom. The maximum Gasteiger partial charge on any atom is 0.259 e. The highest BCUT2D eigenvalue weighted by atomic mass is 35.5. The molecule has 0 spiro atoms. The Labute approximate surface area is 159 Å². The molecular formula is C15H15Cl2N3O3S2. The number of nitrogens with one attached hydrogen (secondary N) is 2. The Balaban J connectivity index is 1.90. The van der Waals surface area contributed by atoms with Crippen molar-refractivity contribution in [3.05, 3.63) is 39.3 Å². The number of anilines is 1. The van der Waals surface area contributed by atoms with Crippen LogP contribution < -0.4 is 10.0 Å². The Hall–Kier alpha value is -1.19. The van der Waals surface area contributed by atoms with E-state index in [0.717, 1.165) is 25.7 Å². The quantitative estimate of drug-likeness (QED) is 0.768. The van der Waals surface area contributed by atoms with E-state index < -0.39 is 15.9 Å². The van der Waals surface area contributed by atoms with E-state index in [1.807, 2.05) is 0 Å². The minimum absolute atomic E-state index is 0.0214. The third-order valence-corrected chi connectivity index (χ3v) is 6.87. The molecule has 1 saturated carbocycles. The normalized spacial score (nSPS) is 15.4. The molecule has 134 valence electrons. The topological polar surface area (TPSA) is 88.2 Å². The lowest BCUT2D eigenvalue weighted by Gasteiger charge is -2.15. The van der Waals surface area contributed by atoms with Crippen LogP contribution in [0.15, 0.2) is 28.6 Å². The largest absolute Gasteiger partial charge is 0.298 e. The molecule has 0 radical (unpaired) electrons.